The average molecular weight is 215 g/mol. The lowest BCUT2D eigenvalue weighted by Gasteiger charge is -1.93. The standard InChI is InChI=1S/C6H14.C2H6Cl2Si/c1-3-5-6-4-2;1-5(2,3)4/h3-6H2,1-2H3;1-2H3. The quantitative estimate of drug-likeness (QED) is 0.362. The summed E-state index contributed by atoms with van der Waals surface area (Å²) in [4.78, 5) is 0. The maximum Gasteiger partial charge on any atom is 0.245 e. The first-order chi connectivity index (χ1) is 4.91. The van der Waals surface area contributed by atoms with Gasteiger partial charge in [-0.15, -0.1) is 22.2 Å². The molecule has 0 aliphatic carbocycles. The van der Waals surface area contributed by atoms with Gasteiger partial charge < -0.3 is 0 Å². The van der Waals surface area contributed by atoms with Gasteiger partial charge in [-0.05, 0) is 13.1 Å². The minimum atomic E-state index is -1.67. The van der Waals surface area contributed by atoms with Crippen LogP contribution in [0.2, 0.25) is 13.1 Å². The van der Waals surface area contributed by atoms with E-state index in [9.17, 15) is 0 Å². The lowest BCUT2D eigenvalue weighted by molar-refractivity contribution is 0.702. The van der Waals surface area contributed by atoms with Crippen LogP contribution in [0.1, 0.15) is 39.5 Å². The topological polar surface area (TPSA) is 0 Å². The van der Waals surface area contributed by atoms with Crippen LogP contribution in [0.4, 0.5) is 0 Å². The van der Waals surface area contributed by atoms with Crippen molar-refractivity contribution in [1.82, 2.24) is 0 Å². The van der Waals surface area contributed by atoms with Crippen molar-refractivity contribution in [1.29, 1.82) is 0 Å². The summed E-state index contributed by atoms with van der Waals surface area (Å²) in [5.41, 5.74) is 0. The van der Waals surface area contributed by atoms with Gasteiger partial charge >= 0.3 is 0 Å². The van der Waals surface area contributed by atoms with Crippen molar-refractivity contribution in [3.63, 3.8) is 0 Å². The molecule has 0 atom stereocenters. The molecule has 0 radical (unpaired) electrons. The van der Waals surface area contributed by atoms with Crippen molar-refractivity contribution >= 4 is 28.9 Å². The second-order valence-corrected chi connectivity index (χ2v) is 11.9. The van der Waals surface area contributed by atoms with Crippen molar-refractivity contribution in [2.45, 2.75) is 52.6 Å². The zero-order valence-corrected chi connectivity index (χ0v) is 10.6. The Morgan fingerprint density at radius 1 is 0.909 bits per heavy atom. The molecule has 70 valence electrons. The fraction of sp³-hybridized carbons (Fsp3) is 1.00. The molecular formula is C8H20Cl2Si. The predicted molar refractivity (Wildman–Crippen MR) is 59.0 cm³/mol. The van der Waals surface area contributed by atoms with Gasteiger partial charge in [-0.1, -0.05) is 39.5 Å². The van der Waals surface area contributed by atoms with E-state index < -0.39 is 6.69 Å². The summed E-state index contributed by atoms with van der Waals surface area (Å²) in [6.07, 6.45) is 5.54. The zero-order chi connectivity index (χ0) is 9.33. The third kappa shape index (κ3) is 58.0. The highest BCUT2D eigenvalue weighted by Crippen LogP contribution is 2.10. The number of hydrogen-bond donors (Lipinski definition) is 0. The van der Waals surface area contributed by atoms with Crippen molar-refractivity contribution < 1.29 is 0 Å². The summed E-state index contributed by atoms with van der Waals surface area (Å²) in [6.45, 7) is 6.51. The highest BCUT2D eigenvalue weighted by Gasteiger charge is 2.08. The molecule has 11 heavy (non-hydrogen) atoms. The van der Waals surface area contributed by atoms with E-state index in [1.807, 2.05) is 13.1 Å². The molecular weight excluding hydrogens is 195 g/mol. The molecule has 0 aromatic rings. The third-order valence-electron chi connectivity index (χ3n) is 0.957. The smallest absolute Gasteiger partial charge is 0.146 e. The molecule has 0 aliphatic rings. The van der Waals surface area contributed by atoms with Crippen LogP contribution in [0.3, 0.4) is 0 Å². The monoisotopic (exact) mass is 214 g/mol. The SMILES string of the molecule is CCCCCC.C[Si](C)(Cl)Cl. The third-order valence-corrected chi connectivity index (χ3v) is 0.957. The van der Waals surface area contributed by atoms with Gasteiger partial charge in [0.2, 0.25) is 6.69 Å². The predicted octanol–water partition coefficient (Wildman–Crippen LogP) is 4.75. The Balaban J connectivity index is 0. The Bertz CT molecular complexity index is 59.0. The Kier molecular flexibility index (Phi) is 11.6. The van der Waals surface area contributed by atoms with Gasteiger partial charge in [-0.2, -0.15) is 0 Å². The van der Waals surface area contributed by atoms with Gasteiger partial charge in [0.1, 0.15) is 0 Å². The van der Waals surface area contributed by atoms with E-state index in [-0.39, 0.29) is 0 Å². The van der Waals surface area contributed by atoms with Crippen molar-refractivity contribution in [2.75, 3.05) is 0 Å². The number of hydrogen-bond acceptors (Lipinski definition) is 0. The second kappa shape index (κ2) is 8.89. The molecule has 0 heterocycles. The summed E-state index contributed by atoms with van der Waals surface area (Å²) in [6, 6.07) is 0. The summed E-state index contributed by atoms with van der Waals surface area (Å²) in [5.74, 6) is 0. The van der Waals surface area contributed by atoms with Gasteiger partial charge in [-0.25, -0.2) is 0 Å². The van der Waals surface area contributed by atoms with Crippen LogP contribution in [0.25, 0.3) is 0 Å². The second-order valence-electron chi connectivity index (χ2n) is 3.03. The molecule has 3 heteroatoms. The Morgan fingerprint density at radius 3 is 1.18 bits per heavy atom. The van der Waals surface area contributed by atoms with Gasteiger partial charge in [0.05, 0.1) is 0 Å². The molecule has 0 rings (SSSR count). The van der Waals surface area contributed by atoms with E-state index >= 15 is 0 Å². The number of unbranched alkanes of at least 4 members (excludes halogenated alkanes) is 3. The molecule has 0 fully saturated rings. The Morgan fingerprint density at radius 2 is 1.09 bits per heavy atom. The van der Waals surface area contributed by atoms with Crippen LogP contribution in [-0.2, 0) is 0 Å². The molecule has 0 unspecified atom stereocenters. The Labute approximate surface area is 81.7 Å². The molecule has 0 aromatic heterocycles. The minimum absolute atomic E-state index is 1.36. The normalized spacial score (nSPS) is 10.4. The van der Waals surface area contributed by atoms with Crippen LogP contribution < -0.4 is 0 Å². The van der Waals surface area contributed by atoms with E-state index in [2.05, 4.69) is 13.8 Å². The molecule has 0 N–H and O–H groups in total. The van der Waals surface area contributed by atoms with E-state index in [0.717, 1.165) is 0 Å². The van der Waals surface area contributed by atoms with Crippen LogP contribution in [0.5, 0.6) is 0 Å². The average Bonchev–Trinajstić information content (AvgIpc) is 1.79. The van der Waals surface area contributed by atoms with Crippen LogP contribution in [-0.4, -0.2) is 6.69 Å². The van der Waals surface area contributed by atoms with Crippen LogP contribution >= 0.6 is 22.2 Å². The fourth-order valence-corrected chi connectivity index (χ4v) is 0.500. The first-order valence-corrected chi connectivity index (χ1v) is 9.32. The molecule has 0 amide bonds. The van der Waals surface area contributed by atoms with Crippen LogP contribution in [0.15, 0.2) is 0 Å². The summed E-state index contributed by atoms with van der Waals surface area (Å²) in [7, 11) is 0. The van der Waals surface area contributed by atoms with Crippen molar-refractivity contribution in [2.24, 2.45) is 0 Å². The summed E-state index contributed by atoms with van der Waals surface area (Å²) in [5, 5.41) is 0. The first kappa shape index (κ1) is 14.3. The maximum absolute atomic E-state index is 5.43. The molecule has 0 aliphatic heterocycles. The summed E-state index contributed by atoms with van der Waals surface area (Å²) >= 11 is 10.9. The highest BCUT2D eigenvalue weighted by molar-refractivity contribution is 7.44. The van der Waals surface area contributed by atoms with E-state index in [4.69, 9.17) is 22.2 Å². The largest absolute Gasteiger partial charge is 0.245 e. The molecule has 0 aromatic carbocycles. The minimum Gasteiger partial charge on any atom is -0.146 e. The van der Waals surface area contributed by atoms with Gasteiger partial charge in [-0.3, -0.25) is 0 Å². The maximum atomic E-state index is 5.43. The Hall–Kier alpha value is 0.797. The molecule has 0 saturated heterocycles. The summed E-state index contributed by atoms with van der Waals surface area (Å²) < 4.78 is 0. The van der Waals surface area contributed by atoms with E-state index in [1.165, 1.54) is 25.7 Å². The zero-order valence-electron chi connectivity index (χ0n) is 8.08. The molecule has 0 nitrogen and oxygen atoms in total. The lowest BCUT2D eigenvalue weighted by atomic mass is 10.2. The van der Waals surface area contributed by atoms with Gasteiger partial charge in [0.25, 0.3) is 0 Å². The molecule has 0 spiro atoms. The number of rotatable bonds is 3. The van der Waals surface area contributed by atoms with Crippen molar-refractivity contribution in [3.8, 4) is 0 Å². The number of halogens is 2. The van der Waals surface area contributed by atoms with Crippen LogP contribution in [0, 0.1) is 0 Å². The van der Waals surface area contributed by atoms with Gasteiger partial charge in [0, 0.05) is 0 Å². The molecule has 0 saturated carbocycles. The lowest BCUT2D eigenvalue weighted by Crippen LogP contribution is -2.02. The van der Waals surface area contributed by atoms with E-state index in [1.54, 1.807) is 0 Å². The fourth-order valence-electron chi connectivity index (χ4n) is 0.500. The van der Waals surface area contributed by atoms with E-state index in [0.29, 0.717) is 0 Å². The van der Waals surface area contributed by atoms with Gasteiger partial charge in [0.15, 0.2) is 0 Å². The molecule has 0 bridgehead atoms. The highest BCUT2D eigenvalue weighted by atomic mass is 35.7. The van der Waals surface area contributed by atoms with Crippen molar-refractivity contribution in [3.05, 3.63) is 0 Å². The first-order valence-electron chi connectivity index (χ1n) is 4.29.